The Morgan fingerprint density at radius 3 is 2.54 bits per heavy atom. The average molecular weight is 373 g/mol. The van der Waals surface area contributed by atoms with Crippen LogP contribution in [-0.4, -0.2) is 16.2 Å². The summed E-state index contributed by atoms with van der Waals surface area (Å²) in [6.07, 6.45) is 0. The fraction of sp³-hybridized carbons (Fsp3) is 0.176. The van der Waals surface area contributed by atoms with Gasteiger partial charge in [-0.1, -0.05) is 17.7 Å². The molecule has 1 aromatic carbocycles. The molecule has 0 fully saturated rings. The number of benzene rings is 1. The van der Waals surface area contributed by atoms with Gasteiger partial charge in [0.2, 0.25) is 11.5 Å². The lowest BCUT2D eigenvalue weighted by Gasteiger charge is -2.12. The molecule has 0 atom stereocenters. The van der Waals surface area contributed by atoms with Gasteiger partial charge in [0, 0.05) is 12.6 Å². The Labute approximate surface area is 152 Å². The number of hydrogen-bond acceptors (Lipinski definition) is 5. The number of anilines is 1. The summed E-state index contributed by atoms with van der Waals surface area (Å²) in [5.74, 6) is 0.499. The number of hydrogen-bond donors (Lipinski definition) is 1. The highest BCUT2D eigenvalue weighted by Crippen LogP contribution is 2.34. The molecule has 0 unspecified atom stereocenters. The average Bonchev–Trinajstić information content (AvgIpc) is 2.63. The first-order chi connectivity index (χ1) is 12.3. The summed E-state index contributed by atoms with van der Waals surface area (Å²) in [6.45, 7) is 0. The summed E-state index contributed by atoms with van der Waals surface area (Å²) in [5.41, 5.74) is 6.04. The van der Waals surface area contributed by atoms with Crippen molar-refractivity contribution in [3.05, 3.63) is 49.6 Å². The number of ether oxygens (including phenoxy) is 1. The normalized spacial score (nSPS) is 10.7. The lowest BCUT2D eigenvalue weighted by atomic mass is 9.97. The Morgan fingerprint density at radius 1 is 1.27 bits per heavy atom. The van der Waals surface area contributed by atoms with Crippen LogP contribution in [0.3, 0.4) is 0 Å². The molecule has 0 aliphatic heterocycles. The summed E-state index contributed by atoms with van der Waals surface area (Å²) < 4.78 is 7.38. The molecule has 0 saturated carbocycles. The Bertz CT molecular complexity index is 1220. The van der Waals surface area contributed by atoms with E-state index in [0.717, 1.165) is 4.57 Å². The maximum absolute atomic E-state index is 12.8. The molecule has 3 aromatic rings. The zero-order chi connectivity index (χ0) is 19.2. The van der Waals surface area contributed by atoms with Crippen LogP contribution in [0.1, 0.15) is 5.56 Å². The van der Waals surface area contributed by atoms with Gasteiger partial charge in [-0.05, 0) is 17.7 Å². The smallest absolute Gasteiger partial charge is 0.388 e. The van der Waals surface area contributed by atoms with Gasteiger partial charge in [0.15, 0.2) is 0 Å². The first-order valence-electron chi connectivity index (χ1n) is 7.50. The van der Waals surface area contributed by atoms with Gasteiger partial charge >= 0.3 is 5.69 Å². The zero-order valence-electron chi connectivity index (χ0n) is 14.3. The van der Waals surface area contributed by atoms with Crippen LogP contribution < -0.4 is 26.7 Å². The predicted octanol–water partition coefficient (Wildman–Crippen LogP) is 0.834. The van der Waals surface area contributed by atoms with Crippen molar-refractivity contribution in [1.29, 1.82) is 5.26 Å². The van der Waals surface area contributed by atoms with Crippen molar-refractivity contribution in [3.63, 3.8) is 0 Å². The van der Waals surface area contributed by atoms with Gasteiger partial charge in [-0.3, -0.25) is 4.79 Å². The van der Waals surface area contributed by atoms with Gasteiger partial charge in [0.25, 0.3) is 5.56 Å². The van der Waals surface area contributed by atoms with Crippen molar-refractivity contribution >= 4 is 28.5 Å². The van der Waals surface area contributed by atoms with Crippen molar-refractivity contribution in [2.45, 2.75) is 0 Å². The number of pyridine rings is 1. The number of halogens is 1. The zero-order valence-corrected chi connectivity index (χ0v) is 15.0. The minimum atomic E-state index is -0.544. The molecular weight excluding hydrogens is 358 g/mol. The van der Waals surface area contributed by atoms with Crippen LogP contribution in [-0.2, 0) is 14.1 Å². The topological polar surface area (TPSA) is 117 Å². The maximum Gasteiger partial charge on any atom is 0.388 e. The molecule has 2 heterocycles. The van der Waals surface area contributed by atoms with Gasteiger partial charge in [0.05, 0.1) is 19.2 Å². The Morgan fingerprint density at radius 2 is 1.96 bits per heavy atom. The second-order valence-electron chi connectivity index (χ2n) is 5.68. The van der Waals surface area contributed by atoms with Crippen LogP contribution in [0, 0.1) is 11.3 Å². The highest BCUT2D eigenvalue weighted by Gasteiger charge is 2.24. The number of aryl methyl sites for hydroxylation is 1. The summed E-state index contributed by atoms with van der Waals surface area (Å²) in [4.78, 5) is 27.8. The summed E-state index contributed by atoms with van der Waals surface area (Å²) in [5, 5.41) is 10.1. The van der Waals surface area contributed by atoms with E-state index in [2.05, 4.69) is 4.98 Å². The monoisotopic (exact) mass is 372 g/mol. The molecular formula is C17H15ClN5O3+. The summed E-state index contributed by atoms with van der Waals surface area (Å²) in [7, 11) is 4.37. The molecule has 3 rings (SSSR count). The number of nitrogens with one attached hydrogen (secondary N) is 1. The lowest BCUT2D eigenvalue weighted by Crippen LogP contribution is -2.40. The number of methoxy groups -OCH3 is 1. The molecule has 26 heavy (non-hydrogen) atoms. The number of rotatable bonds is 2. The van der Waals surface area contributed by atoms with Crippen molar-refractivity contribution < 1.29 is 9.72 Å². The SMILES string of the molecule is COc1ccc(-c2c(C#N)c(N)[nH+]c3c2c(=O)n(C)c(=O)n3C)cc1Cl. The highest BCUT2D eigenvalue weighted by molar-refractivity contribution is 6.32. The van der Waals surface area contributed by atoms with Gasteiger partial charge in [-0.25, -0.2) is 18.9 Å². The fourth-order valence-corrected chi connectivity index (χ4v) is 3.15. The first-order valence-corrected chi connectivity index (χ1v) is 7.88. The van der Waals surface area contributed by atoms with Crippen LogP contribution in [0.2, 0.25) is 5.02 Å². The van der Waals surface area contributed by atoms with E-state index in [-0.39, 0.29) is 22.4 Å². The number of fused-ring (bicyclic) bond motifs is 1. The number of nitrogens with two attached hydrogens (primary N) is 1. The van der Waals surface area contributed by atoms with E-state index >= 15 is 0 Å². The van der Waals surface area contributed by atoms with Gasteiger partial charge in [0.1, 0.15) is 22.8 Å². The Balaban J connectivity index is 2.60. The van der Waals surface area contributed by atoms with Crippen LogP contribution in [0.5, 0.6) is 5.75 Å². The summed E-state index contributed by atoms with van der Waals surface area (Å²) >= 11 is 6.21. The van der Waals surface area contributed by atoms with Crippen molar-refractivity contribution in [3.8, 4) is 22.9 Å². The standard InChI is InChI=1S/C17H14ClN5O3/c1-22-15-13(16(24)23(2)17(22)25)12(9(7-19)14(20)21-15)8-4-5-11(26-3)10(18)6-8/h4-6H,1-3H3,(H2,20,21)/p+1. The molecule has 0 saturated heterocycles. The molecule has 0 radical (unpaired) electrons. The minimum absolute atomic E-state index is 0.0465. The molecule has 9 heteroatoms. The van der Waals surface area contributed by atoms with E-state index in [1.807, 2.05) is 6.07 Å². The van der Waals surface area contributed by atoms with E-state index in [4.69, 9.17) is 22.1 Å². The molecule has 0 spiro atoms. The van der Waals surface area contributed by atoms with Crippen LogP contribution in [0.25, 0.3) is 22.2 Å². The van der Waals surface area contributed by atoms with E-state index < -0.39 is 11.2 Å². The number of nitrogens with zero attached hydrogens (tertiary/aromatic N) is 3. The van der Waals surface area contributed by atoms with Gasteiger partial charge < -0.3 is 10.5 Å². The Kier molecular flexibility index (Phi) is 4.18. The number of H-pyrrole nitrogens is 1. The molecule has 0 aliphatic rings. The van der Waals surface area contributed by atoms with E-state index in [9.17, 15) is 14.9 Å². The van der Waals surface area contributed by atoms with Crippen molar-refractivity contribution in [2.24, 2.45) is 14.1 Å². The number of nitriles is 1. The third-order valence-electron chi connectivity index (χ3n) is 4.24. The third-order valence-corrected chi connectivity index (χ3v) is 4.53. The molecule has 132 valence electrons. The lowest BCUT2D eigenvalue weighted by molar-refractivity contribution is -0.331. The van der Waals surface area contributed by atoms with Crippen LogP contribution in [0.15, 0.2) is 27.8 Å². The number of nitrogen functional groups attached to an aromatic ring is 1. The number of aromatic amines is 1. The quantitative estimate of drug-likeness (QED) is 0.715. The first kappa shape index (κ1) is 17.5. The van der Waals surface area contributed by atoms with E-state index in [1.54, 1.807) is 18.2 Å². The summed E-state index contributed by atoms with van der Waals surface area (Å²) in [6, 6.07) is 6.90. The van der Waals surface area contributed by atoms with Gasteiger partial charge in [-0.2, -0.15) is 5.26 Å². The van der Waals surface area contributed by atoms with Crippen LogP contribution in [0.4, 0.5) is 5.82 Å². The molecule has 8 nitrogen and oxygen atoms in total. The number of aromatic nitrogens is 3. The minimum Gasteiger partial charge on any atom is -0.495 e. The van der Waals surface area contributed by atoms with E-state index in [0.29, 0.717) is 21.9 Å². The van der Waals surface area contributed by atoms with Crippen molar-refractivity contribution in [2.75, 3.05) is 12.8 Å². The van der Waals surface area contributed by atoms with Gasteiger partial charge in [-0.15, -0.1) is 0 Å². The largest absolute Gasteiger partial charge is 0.495 e. The Hall–Kier alpha value is -3.31. The van der Waals surface area contributed by atoms with Crippen molar-refractivity contribution in [1.82, 2.24) is 9.13 Å². The molecule has 3 N–H and O–H groups in total. The molecule has 0 aliphatic carbocycles. The highest BCUT2D eigenvalue weighted by atomic mass is 35.5. The third kappa shape index (κ3) is 2.41. The molecule has 0 amide bonds. The van der Waals surface area contributed by atoms with E-state index in [1.165, 1.54) is 25.8 Å². The second kappa shape index (κ2) is 6.20. The fourth-order valence-electron chi connectivity index (χ4n) is 2.89. The molecule has 2 aromatic heterocycles. The predicted molar refractivity (Wildman–Crippen MR) is 97.1 cm³/mol. The molecule has 0 bridgehead atoms. The van der Waals surface area contributed by atoms with Crippen LogP contribution >= 0.6 is 11.6 Å². The maximum atomic E-state index is 12.8. The second-order valence-corrected chi connectivity index (χ2v) is 6.09.